The predicted molar refractivity (Wildman–Crippen MR) is 61.5 cm³/mol. The van der Waals surface area contributed by atoms with Crippen molar-refractivity contribution in [1.29, 1.82) is 5.41 Å². The first-order chi connectivity index (χ1) is 7.64. The minimum Gasteiger partial charge on any atom is -0.445 e. The molecule has 0 unspecified atom stereocenters. The van der Waals surface area contributed by atoms with Gasteiger partial charge in [0.2, 0.25) is 12.2 Å². The second-order valence-electron chi connectivity index (χ2n) is 3.63. The summed E-state index contributed by atoms with van der Waals surface area (Å²) in [5, 5.41) is 35.7. The standard InChI is InChI=1S/C8H12Cl3NO5/c1-2-3(13)4(14)5(15)6(16-2)17-7(12)8(9,10)11/h2-6,12-15H,1H3/t2-,3-,4+,5+,6+/m0/s1. The molecule has 0 saturated carbocycles. The lowest BCUT2D eigenvalue weighted by molar-refractivity contribution is -0.272. The molecule has 9 heteroatoms. The maximum absolute atomic E-state index is 9.55. The molecule has 0 aromatic carbocycles. The average Bonchev–Trinajstić information content (AvgIpc) is 2.21. The van der Waals surface area contributed by atoms with Crippen LogP contribution in [0.3, 0.4) is 0 Å². The van der Waals surface area contributed by atoms with E-state index in [1.54, 1.807) is 0 Å². The van der Waals surface area contributed by atoms with E-state index >= 15 is 0 Å². The van der Waals surface area contributed by atoms with Crippen LogP contribution in [0.25, 0.3) is 0 Å². The molecule has 4 N–H and O–H groups in total. The van der Waals surface area contributed by atoms with Crippen molar-refractivity contribution in [3.05, 3.63) is 0 Å². The van der Waals surface area contributed by atoms with Crippen LogP contribution >= 0.6 is 34.8 Å². The summed E-state index contributed by atoms with van der Waals surface area (Å²) in [7, 11) is 0. The lowest BCUT2D eigenvalue weighted by atomic mass is 10.0. The van der Waals surface area contributed by atoms with Crippen LogP contribution < -0.4 is 0 Å². The van der Waals surface area contributed by atoms with E-state index in [4.69, 9.17) is 49.7 Å². The number of halogens is 3. The number of hydrogen-bond donors (Lipinski definition) is 4. The summed E-state index contributed by atoms with van der Waals surface area (Å²) in [6.45, 7) is 1.47. The fraction of sp³-hybridized carbons (Fsp3) is 0.875. The smallest absolute Gasteiger partial charge is 0.265 e. The van der Waals surface area contributed by atoms with Crippen LogP contribution in [0.4, 0.5) is 0 Å². The Bertz CT molecular complexity index is 297. The molecule has 0 aliphatic carbocycles. The van der Waals surface area contributed by atoms with Crippen LogP contribution in [0, 0.1) is 5.41 Å². The second kappa shape index (κ2) is 5.44. The van der Waals surface area contributed by atoms with Crippen LogP contribution in [0.15, 0.2) is 0 Å². The third-order valence-corrected chi connectivity index (χ3v) is 2.81. The molecular formula is C8H12Cl3NO5. The first-order valence-electron chi connectivity index (χ1n) is 4.66. The third kappa shape index (κ3) is 3.57. The van der Waals surface area contributed by atoms with Crippen molar-refractivity contribution in [2.45, 2.75) is 41.4 Å². The van der Waals surface area contributed by atoms with E-state index in [9.17, 15) is 15.3 Å². The Morgan fingerprint density at radius 2 is 1.71 bits per heavy atom. The highest BCUT2D eigenvalue weighted by atomic mass is 35.6. The number of rotatable bonds is 1. The predicted octanol–water partition coefficient (Wildman–Crippen LogP) is 0.178. The summed E-state index contributed by atoms with van der Waals surface area (Å²) in [6, 6.07) is 0. The van der Waals surface area contributed by atoms with E-state index in [2.05, 4.69) is 0 Å². The largest absolute Gasteiger partial charge is 0.445 e. The van der Waals surface area contributed by atoms with Gasteiger partial charge in [-0.2, -0.15) is 0 Å². The van der Waals surface area contributed by atoms with Crippen molar-refractivity contribution >= 4 is 40.7 Å². The van der Waals surface area contributed by atoms with Gasteiger partial charge in [-0.3, -0.25) is 5.41 Å². The Morgan fingerprint density at radius 1 is 1.18 bits per heavy atom. The molecule has 1 heterocycles. The number of alkyl halides is 3. The molecule has 1 aliphatic heterocycles. The number of ether oxygens (including phenoxy) is 2. The summed E-state index contributed by atoms with van der Waals surface area (Å²) < 4.78 is 7.76. The molecule has 0 aromatic rings. The Hall–Kier alpha value is 0.180. The van der Waals surface area contributed by atoms with Crippen LogP contribution in [-0.2, 0) is 9.47 Å². The van der Waals surface area contributed by atoms with E-state index < -0.39 is 40.4 Å². The first kappa shape index (κ1) is 15.2. The van der Waals surface area contributed by atoms with Gasteiger partial charge in [0.1, 0.15) is 18.3 Å². The average molecular weight is 309 g/mol. The maximum Gasteiger partial charge on any atom is 0.265 e. The lowest BCUT2D eigenvalue weighted by Crippen LogP contribution is -2.58. The molecule has 1 saturated heterocycles. The molecule has 6 nitrogen and oxygen atoms in total. The minimum atomic E-state index is -2.09. The highest BCUT2D eigenvalue weighted by molar-refractivity contribution is 6.76. The zero-order chi connectivity index (χ0) is 13.4. The number of aliphatic hydroxyl groups is 3. The van der Waals surface area contributed by atoms with Crippen LogP contribution in [0.5, 0.6) is 0 Å². The Labute approximate surface area is 112 Å². The van der Waals surface area contributed by atoms with Gasteiger partial charge in [0.15, 0.2) is 0 Å². The molecular weight excluding hydrogens is 296 g/mol. The Balaban J connectivity index is 2.69. The summed E-state index contributed by atoms with van der Waals surface area (Å²) in [6.07, 6.45) is -6.44. The van der Waals surface area contributed by atoms with Crippen molar-refractivity contribution in [2.24, 2.45) is 0 Å². The fourth-order valence-corrected chi connectivity index (χ4v) is 1.43. The van der Waals surface area contributed by atoms with Crippen LogP contribution in [0.1, 0.15) is 6.92 Å². The van der Waals surface area contributed by atoms with E-state index in [0.717, 1.165) is 0 Å². The quantitative estimate of drug-likeness (QED) is 0.314. The zero-order valence-electron chi connectivity index (χ0n) is 8.68. The maximum atomic E-state index is 9.55. The summed E-state index contributed by atoms with van der Waals surface area (Å²) >= 11 is 16.2. The highest BCUT2D eigenvalue weighted by Gasteiger charge is 2.44. The summed E-state index contributed by atoms with van der Waals surface area (Å²) in [4.78, 5) is 0. The van der Waals surface area contributed by atoms with Crippen molar-refractivity contribution in [3.8, 4) is 0 Å². The van der Waals surface area contributed by atoms with Gasteiger partial charge in [-0.15, -0.1) is 0 Å². The minimum absolute atomic E-state index is 0.748. The SMILES string of the molecule is C[C@@H]1O[C@H](OC(=N)C(Cl)(Cl)Cl)[C@H](O)[C@H](O)[C@H]1O. The van der Waals surface area contributed by atoms with Crippen molar-refractivity contribution in [2.75, 3.05) is 0 Å². The van der Waals surface area contributed by atoms with E-state index in [1.165, 1.54) is 6.92 Å². The summed E-state index contributed by atoms with van der Waals surface area (Å²) in [5.41, 5.74) is 0. The van der Waals surface area contributed by atoms with E-state index in [1.807, 2.05) is 0 Å². The van der Waals surface area contributed by atoms with Gasteiger partial charge in [-0.1, -0.05) is 34.8 Å². The fourth-order valence-electron chi connectivity index (χ4n) is 1.29. The van der Waals surface area contributed by atoms with Gasteiger partial charge < -0.3 is 24.8 Å². The van der Waals surface area contributed by atoms with Crippen LogP contribution in [0.2, 0.25) is 0 Å². The number of nitrogens with one attached hydrogen (secondary N) is 1. The molecule has 5 atom stereocenters. The van der Waals surface area contributed by atoms with Crippen molar-refractivity contribution in [1.82, 2.24) is 0 Å². The van der Waals surface area contributed by atoms with Crippen LogP contribution in [-0.4, -0.2) is 55.7 Å². The Kier molecular flexibility index (Phi) is 4.88. The lowest BCUT2D eigenvalue weighted by Gasteiger charge is -2.39. The number of hydrogen-bond acceptors (Lipinski definition) is 6. The zero-order valence-corrected chi connectivity index (χ0v) is 10.9. The second-order valence-corrected chi connectivity index (χ2v) is 5.91. The Morgan fingerprint density at radius 3 is 2.18 bits per heavy atom. The van der Waals surface area contributed by atoms with E-state index in [-0.39, 0.29) is 0 Å². The summed E-state index contributed by atoms with van der Waals surface area (Å²) in [5.74, 6) is -0.748. The molecule has 0 amide bonds. The highest BCUT2D eigenvalue weighted by Crippen LogP contribution is 2.30. The van der Waals surface area contributed by atoms with Gasteiger partial charge >= 0.3 is 0 Å². The molecule has 0 spiro atoms. The van der Waals surface area contributed by atoms with Gasteiger partial charge in [0.25, 0.3) is 3.79 Å². The molecule has 1 fully saturated rings. The molecule has 100 valence electrons. The van der Waals surface area contributed by atoms with E-state index in [0.29, 0.717) is 0 Å². The van der Waals surface area contributed by atoms with Crippen molar-refractivity contribution < 1.29 is 24.8 Å². The first-order valence-corrected chi connectivity index (χ1v) is 5.80. The molecule has 1 aliphatic rings. The van der Waals surface area contributed by atoms with Gasteiger partial charge in [0, 0.05) is 0 Å². The normalized spacial score (nSPS) is 38.9. The monoisotopic (exact) mass is 307 g/mol. The molecule has 1 rings (SSSR count). The number of aliphatic hydroxyl groups excluding tert-OH is 3. The van der Waals surface area contributed by atoms with Crippen molar-refractivity contribution in [3.63, 3.8) is 0 Å². The molecule has 0 bridgehead atoms. The topological polar surface area (TPSA) is 103 Å². The van der Waals surface area contributed by atoms with Gasteiger partial charge in [-0.05, 0) is 6.92 Å². The molecule has 0 radical (unpaired) electrons. The molecule has 0 aromatic heterocycles. The van der Waals surface area contributed by atoms with Gasteiger partial charge in [-0.25, -0.2) is 0 Å². The molecule has 17 heavy (non-hydrogen) atoms. The van der Waals surface area contributed by atoms with Gasteiger partial charge in [0.05, 0.1) is 6.10 Å². The third-order valence-electron chi connectivity index (χ3n) is 2.30.